The number of carbonyl (C=O) groups excluding carboxylic acids is 4. The summed E-state index contributed by atoms with van der Waals surface area (Å²) in [6.45, 7) is 19.8. The molecule has 78 heavy (non-hydrogen) atoms. The van der Waals surface area contributed by atoms with Crippen LogP contribution in [0.25, 0.3) is 21.6 Å². The lowest BCUT2D eigenvalue weighted by Gasteiger charge is -2.55. The van der Waals surface area contributed by atoms with Gasteiger partial charge in [-0.15, -0.1) is 11.3 Å². The number of likely N-dealkylation sites (tertiary alicyclic amines) is 2. The zero-order valence-electron chi connectivity index (χ0n) is 45.9. The topological polar surface area (TPSA) is 230 Å². The van der Waals surface area contributed by atoms with E-state index in [9.17, 15) is 29.5 Å². The summed E-state index contributed by atoms with van der Waals surface area (Å²) in [7, 11) is 0. The summed E-state index contributed by atoms with van der Waals surface area (Å²) in [4.78, 5) is 63.7. The van der Waals surface area contributed by atoms with Gasteiger partial charge in [0.25, 0.3) is 5.91 Å². The van der Waals surface area contributed by atoms with Crippen LogP contribution in [0.2, 0.25) is 5.02 Å². The van der Waals surface area contributed by atoms with Gasteiger partial charge < -0.3 is 44.9 Å². The number of nitrogens with zero attached hydrogens (tertiary/aromatic N) is 6. The molecule has 0 saturated carbocycles. The van der Waals surface area contributed by atoms with Gasteiger partial charge in [0, 0.05) is 53.3 Å². The predicted molar refractivity (Wildman–Crippen MR) is 298 cm³/mol. The number of aromatic nitrogens is 3. The third-order valence-corrected chi connectivity index (χ3v) is 15.5. The Morgan fingerprint density at radius 3 is 2.22 bits per heavy atom. The second kappa shape index (κ2) is 26.1. The van der Waals surface area contributed by atoms with Gasteiger partial charge in [0.1, 0.15) is 41.8 Å². The molecule has 4 heterocycles. The monoisotopic (exact) mass is 1110 g/mol. The number of rotatable bonds is 22. The van der Waals surface area contributed by atoms with E-state index in [1.807, 2.05) is 64.4 Å². The molecular formula is C58H72ClN9O9S. The van der Waals surface area contributed by atoms with E-state index in [1.165, 1.54) is 4.90 Å². The van der Waals surface area contributed by atoms with E-state index in [2.05, 4.69) is 69.8 Å². The summed E-state index contributed by atoms with van der Waals surface area (Å²) >= 11 is 8.23. The maximum Gasteiger partial charge on any atom is 0.251 e. The standard InChI is InChI=1S/C58H72ClN9O9S/c1-36(38-13-15-39(16-14-38)51-37(2)61-35-78-51)64-54(72)47-28-43(69)33-67(47)55(73)52(56(3,4)5)66-50(70)34-76-26-25-75-24-23-74-22-21-68-57(6,7)29-42(30-58(68,8)9)65-53(71)40-17-18-49(46(59)27-40)77-48-12-10-11-44(45(48)31-60)41-19-20-62-63-32-41/h10-20,27,32,35-36,42-43,47,52,69H,21-26,28-30,33-34H2,1-9H3,(H,64,72)(H,65,71)(H,66,70)/t36-,43+,47-,52+/m0/s1. The van der Waals surface area contributed by atoms with Crippen molar-refractivity contribution >= 4 is 46.6 Å². The third-order valence-electron chi connectivity index (χ3n) is 14.2. The first-order valence-corrected chi connectivity index (χ1v) is 27.5. The van der Waals surface area contributed by atoms with Gasteiger partial charge in [-0.2, -0.15) is 15.5 Å². The molecule has 20 heteroatoms. The van der Waals surface area contributed by atoms with E-state index in [-0.39, 0.29) is 72.8 Å². The second-order valence-corrected chi connectivity index (χ2v) is 23.4. The number of hydrogen-bond acceptors (Lipinski definition) is 15. The Bertz CT molecular complexity index is 2910. The number of benzene rings is 3. The highest BCUT2D eigenvalue weighted by atomic mass is 35.5. The molecule has 0 radical (unpaired) electrons. The highest BCUT2D eigenvalue weighted by molar-refractivity contribution is 7.13. The van der Waals surface area contributed by atoms with Crippen molar-refractivity contribution in [1.29, 1.82) is 5.26 Å². The van der Waals surface area contributed by atoms with Crippen LogP contribution >= 0.6 is 22.9 Å². The van der Waals surface area contributed by atoms with Crippen molar-refractivity contribution in [3.8, 4) is 39.1 Å². The average Bonchev–Trinajstić information content (AvgIpc) is 4.04. The summed E-state index contributed by atoms with van der Waals surface area (Å²) in [6, 6.07) is 19.6. The van der Waals surface area contributed by atoms with Crippen LogP contribution < -0.4 is 20.7 Å². The van der Waals surface area contributed by atoms with Crippen molar-refractivity contribution in [2.24, 2.45) is 5.41 Å². The van der Waals surface area contributed by atoms with E-state index >= 15 is 0 Å². The molecule has 0 bridgehead atoms. The minimum Gasteiger partial charge on any atom is -0.454 e. The van der Waals surface area contributed by atoms with Crippen LogP contribution in [-0.4, -0.2) is 142 Å². The fourth-order valence-electron chi connectivity index (χ4n) is 10.5. The van der Waals surface area contributed by atoms with Gasteiger partial charge >= 0.3 is 0 Å². The summed E-state index contributed by atoms with van der Waals surface area (Å²) in [6.07, 6.45) is 3.73. The van der Waals surface area contributed by atoms with Gasteiger partial charge in [0.2, 0.25) is 17.7 Å². The number of hydrogen-bond donors (Lipinski definition) is 4. The van der Waals surface area contributed by atoms with E-state index in [1.54, 1.807) is 66.2 Å². The minimum atomic E-state index is -0.988. The van der Waals surface area contributed by atoms with Crippen molar-refractivity contribution in [2.75, 3.05) is 52.7 Å². The number of thiazole rings is 1. The van der Waals surface area contributed by atoms with Gasteiger partial charge in [-0.25, -0.2) is 4.98 Å². The molecule has 0 aliphatic carbocycles. The summed E-state index contributed by atoms with van der Waals surface area (Å²) in [5.74, 6) is -0.954. The van der Waals surface area contributed by atoms with Gasteiger partial charge in [0.15, 0.2) is 0 Å². The molecule has 0 spiro atoms. The van der Waals surface area contributed by atoms with Crippen LogP contribution in [0.4, 0.5) is 0 Å². The minimum absolute atomic E-state index is 0.0325. The predicted octanol–water partition coefficient (Wildman–Crippen LogP) is 8.06. The zero-order chi connectivity index (χ0) is 56.4. The van der Waals surface area contributed by atoms with E-state index in [0.717, 1.165) is 27.3 Å². The molecule has 5 aromatic rings. The Labute approximate surface area is 466 Å². The lowest BCUT2D eigenvalue weighted by Crippen LogP contribution is -2.64. The van der Waals surface area contributed by atoms with Crippen LogP contribution in [0.1, 0.15) is 108 Å². The third kappa shape index (κ3) is 15.0. The summed E-state index contributed by atoms with van der Waals surface area (Å²) in [5.41, 5.74) is 5.50. The van der Waals surface area contributed by atoms with Crippen LogP contribution in [-0.2, 0) is 28.6 Å². The molecule has 2 fully saturated rings. The molecule has 416 valence electrons. The summed E-state index contributed by atoms with van der Waals surface area (Å²) in [5, 5.41) is 37.7. The Hall–Kier alpha value is -6.37. The Morgan fingerprint density at radius 1 is 0.897 bits per heavy atom. The van der Waals surface area contributed by atoms with Crippen molar-refractivity contribution in [2.45, 2.75) is 123 Å². The highest BCUT2D eigenvalue weighted by Gasteiger charge is 2.46. The smallest absolute Gasteiger partial charge is 0.251 e. The SMILES string of the molecule is Cc1ncsc1-c1ccc([C@H](C)NC(=O)[C@@H]2C[C@@H](O)CN2C(=O)[C@@H](NC(=O)COCCOCCOCCN2C(C)(C)CC(NC(=O)c3ccc(Oc4cccc(-c5ccnnc5)c4C#N)c(Cl)c3)CC2(C)C)C(C)(C)C)cc1. The first kappa shape index (κ1) is 59.3. The van der Waals surface area contributed by atoms with Crippen molar-refractivity contribution in [1.82, 2.24) is 40.9 Å². The number of nitriles is 1. The zero-order valence-corrected chi connectivity index (χ0v) is 47.5. The molecule has 0 unspecified atom stereocenters. The number of β-amino-alcohol motifs (C(OH)–C–C–N with tert-alkyl or cyclic N) is 1. The van der Waals surface area contributed by atoms with Crippen molar-refractivity contribution in [3.63, 3.8) is 0 Å². The van der Waals surface area contributed by atoms with Crippen molar-refractivity contribution < 1.29 is 43.2 Å². The molecule has 2 aromatic heterocycles. The first-order chi connectivity index (χ1) is 37.1. The lowest BCUT2D eigenvalue weighted by atomic mass is 9.77. The molecule has 18 nitrogen and oxygen atoms in total. The number of ether oxygens (including phenoxy) is 4. The number of aliphatic hydroxyl groups excluding tert-OH is 1. The molecule has 4 amide bonds. The lowest BCUT2D eigenvalue weighted by molar-refractivity contribution is -0.144. The maximum atomic E-state index is 14.1. The van der Waals surface area contributed by atoms with Crippen LogP contribution in [0.5, 0.6) is 11.5 Å². The second-order valence-electron chi connectivity index (χ2n) is 22.2. The van der Waals surface area contributed by atoms with Gasteiger partial charge in [-0.1, -0.05) is 68.8 Å². The number of carbonyl (C=O) groups is 4. The van der Waals surface area contributed by atoms with E-state index in [0.29, 0.717) is 67.4 Å². The Kier molecular flexibility index (Phi) is 19.8. The largest absolute Gasteiger partial charge is 0.454 e. The molecule has 4 atom stereocenters. The molecular weight excluding hydrogens is 1030 g/mol. The number of amides is 4. The number of piperidine rings is 1. The first-order valence-electron chi connectivity index (χ1n) is 26.2. The number of nitrogens with one attached hydrogen (secondary N) is 3. The number of aliphatic hydroxyl groups is 1. The fourth-order valence-corrected chi connectivity index (χ4v) is 11.6. The Morgan fingerprint density at radius 2 is 1.59 bits per heavy atom. The molecule has 2 aliphatic rings. The van der Waals surface area contributed by atoms with Crippen LogP contribution in [0, 0.1) is 23.7 Å². The quantitative estimate of drug-likeness (QED) is 0.0481. The Balaban J connectivity index is 0.791. The molecule has 3 aromatic carbocycles. The molecule has 2 aliphatic heterocycles. The highest BCUT2D eigenvalue weighted by Crippen LogP contribution is 2.40. The number of halogens is 1. The van der Waals surface area contributed by atoms with E-state index in [4.69, 9.17) is 30.5 Å². The summed E-state index contributed by atoms with van der Waals surface area (Å²) < 4.78 is 23.4. The fraction of sp³-hybridized carbons (Fsp3) is 0.483. The average molecular weight is 1110 g/mol. The van der Waals surface area contributed by atoms with E-state index < -0.39 is 35.4 Å². The molecule has 4 N–H and O–H groups in total. The van der Waals surface area contributed by atoms with Gasteiger partial charge in [0.05, 0.1) is 78.7 Å². The van der Waals surface area contributed by atoms with Gasteiger partial charge in [-0.05, 0) is 101 Å². The van der Waals surface area contributed by atoms with Crippen LogP contribution in [0.15, 0.2) is 84.6 Å². The van der Waals surface area contributed by atoms with Gasteiger partial charge in [-0.3, -0.25) is 24.1 Å². The molecule has 2 saturated heterocycles. The molecule has 7 rings (SSSR count). The van der Waals surface area contributed by atoms with Crippen LogP contribution in [0.3, 0.4) is 0 Å². The maximum absolute atomic E-state index is 14.1. The van der Waals surface area contributed by atoms with Crippen molar-refractivity contribution in [3.05, 3.63) is 112 Å². The normalized spacial score (nSPS) is 18.2. The number of aryl methyl sites for hydroxylation is 1.